The first-order chi connectivity index (χ1) is 10.0. The number of hydrogen-bond donors (Lipinski definition) is 2. The molecule has 0 aliphatic rings. The summed E-state index contributed by atoms with van der Waals surface area (Å²) < 4.78 is 2.40. The van der Waals surface area contributed by atoms with E-state index in [0.29, 0.717) is 18.9 Å². The Morgan fingerprint density at radius 3 is 2.67 bits per heavy atom. The molecule has 0 bridgehead atoms. The third kappa shape index (κ3) is 3.96. The van der Waals surface area contributed by atoms with E-state index in [-0.39, 0.29) is 11.2 Å². The van der Waals surface area contributed by atoms with Gasteiger partial charge in [0, 0.05) is 22.7 Å². The Morgan fingerprint density at radius 2 is 2.05 bits per heavy atom. The van der Waals surface area contributed by atoms with Crippen LogP contribution in [0.2, 0.25) is 0 Å². The van der Waals surface area contributed by atoms with Gasteiger partial charge in [-0.3, -0.25) is 14.3 Å². The van der Waals surface area contributed by atoms with Gasteiger partial charge in [-0.15, -0.1) is 0 Å². The van der Waals surface area contributed by atoms with Crippen LogP contribution in [0.3, 0.4) is 0 Å². The molecule has 0 aliphatic carbocycles. The molecule has 0 amide bonds. The summed E-state index contributed by atoms with van der Waals surface area (Å²) in [5.74, 6) is 0.452. The number of H-pyrrole nitrogens is 1. The number of hydrogen-bond acceptors (Lipinski definition) is 3. The minimum atomic E-state index is -0.370. The number of aromatic nitrogens is 2. The number of aryl methyl sites for hydroxylation is 1. The van der Waals surface area contributed by atoms with Crippen LogP contribution in [-0.2, 0) is 13.1 Å². The maximum absolute atomic E-state index is 11.9. The molecule has 0 radical (unpaired) electrons. The van der Waals surface area contributed by atoms with Gasteiger partial charge in [-0.25, -0.2) is 4.79 Å². The number of anilines is 1. The third-order valence-corrected chi connectivity index (χ3v) is 4.35. The van der Waals surface area contributed by atoms with Crippen LogP contribution in [-0.4, -0.2) is 9.55 Å². The molecule has 2 N–H and O–H groups in total. The predicted octanol–water partition coefficient (Wildman–Crippen LogP) is 2.47. The predicted molar refractivity (Wildman–Crippen MR) is 92.8 cm³/mol. The molecule has 1 aromatic carbocycles. The Morgan fingerprint density at radius 1 is 1.29 bits per heavy atom. The maximum atomic E-state index is 11.9. The summed E-state index contributed by atoms with van der Waals surface area (Å²) in [7, 11) is 0. The SMILES string of the molecule is CCCn1c(=O)cc(NCc2ccc(C)c(I)c2)[nH]c1=O. The van der Waals surface area contributed by atoms with E-state index in [2.05, 4.69) is 51.9 Å². The number of nitrogens with one attached hydrogen (secondary N) is 2. The number of rotatable bonds is 5. The molecule has 112 valence electrons. The van der Waals surface area contributed by atoms with E-state index in [1.807, 2.05) is 13.0 Å². The molecular weight excluding hydrogens is 381 g/mol. The van der Waals surface area contributed by atoms with Crippen molar-refractivity contribution in [3.05, 3.63) is 59.8 Å². The highest BCUT2D eigenvalue weighted by atomic mass is 127. The summed E-state index contributed by atoms with van der Waals surface area (Å²) >= 11 is 2.29. The Labute approximate surface area is 136 Å². The second-order valence-corrected chi connectivity index (χ2v) is 6.08. The molecule has 2 aromatic rings. The van der Waals surface area contributed by atoms with Gasteiger partial charge in [0.25, 0.3) is 5.56 Å². The van der Waals surface area contributed by atoms with Crippen LogP contribution < -0.4 is 16.6 Å². The molecule has 0 aliphatic heterocycles. The minimum absolute atomic E-state index is 0.276. The lowest BCUT2D eigenvalue weighted by Gasteiger charge is -2.09. The van der Waals surface area contributed by atoms with Crippen molar-refractivity contribution in [2.75, 3.05) is 5.32 Å². The fraction of sp³-hybridized carbons (Fsp3) is 0.333. The molecule has 0 unspecified atom stereocenters. The first kappa shape index (κ1) is 15.8. The Kier molecular flexibility index (Phi) is 5.22. The summed E-state index contributed by atoms with van der Waals surface area (Å²) in [4.78, 5) is 26.4. The lowest BCUT2D eigenvalue weighted by molar-refractivity contribution is 0.616. The molecule has 1 aromatic heterocycles. The summed E-state index contributed by atoms with van der Waals surface area (Å²) in [6, 6.07) is 7.59. The topological polar surface area (TPSA) is 66.9 Å². The lowest BCUT2D eigenvalue weighted by atomic mass is 10.1. The molecule has 21 heavy (non-hydrogen) atoms. The normalized spacial score (nSPS) is 10.6. The van der Waals surface area contributed by atoms with Crippen molar-refractivity contribution < 1.29 is 0 Å². The lowest BCUT2D eigenvalue weighted by Crippen LogP contribution is -2.35. The highest BCUT2D eigenvalue weighted by Crippen LogP contribution is 2.14. The molecule has 0 fully saturated rings. The van der Waals surface area contributed by atoms with Crippen molar-refractivity contribution in [1.29, 1.82) is 0 Å². The number of halogens is 1. The van der Waals surface area contributed by atoms with Crippen molar-refractivity contribution in [3.8, 4) is 0 Å². The van der Waals surface area contributed by atoms with E-state index < -0.39 is 0 Å². The van der Waals surface area contributed by atoms with Crippen LogP contribution in [0.1, 0.15) is 24.5 Å². The number of aromatic amines is 1. The van der Waals surface area contributed by atoms with Gasteiger partial charge < -0.3 is 5.32 Å². The number of benzene rings is 1. The smallest absolute Gasteiger partial charge is 0.329 e. The van der Waals surface area contributed by atoms with E-state index in [0.717, 1.165) is 12.0 Å². The minimum Gasteiger partial charge on any atom is -0.367 e. The second kappa shape index (κ2) is 6.93. The largest absolute Gasteiger partial charge is 0.367 e. The zero-order chi connectivity index (χ0) is 15.4. The van der Waals surface area contributed by atoms with Crippen molar-refractivity contribution in [2.45, 2.75) is 33.4 Å². The monoisotopic (exact) mass is 399 g/mol. The van der Waals surface area contributed by atoms with Crippen LogP contribution in [0.5, 0.6) is 0 Å². The second-order valence-electron chi connectivity index (χ2n) is 4.92. The quantitative estimate of drug-likeness (QED) is 0.760. The standard InChI is InChI=1S/C15H18IN3O2/c1-3-6-19-14(20)8-13(18-15(19)21)17-9-11-5-4-10(2)12(16)7-11/h4-5,7-8,17H,3,6,9H2,1-2H3,(H,18,21). The molecule has 6 heteroatoms. The number of nitrogens with zero attached hydrogens (tertiary/aromatic N) is 1. The van der Waals surface area contributed by atoms with E-state index >= 15 is 0 Å². The Balaban J connectivity index is 2.15. The van der Waals surface area contributed by atoms with Crippen LogP contribution >= 0.6 is 22.6 Å². The van der Waals surface area contributed by atoms with Crippen molar-refractivity contribution >= 4 is 28.4 Å². The maximum Gasteiger partial charge on any atom is 0.329 e. The Bertz CT molecular complexity index is 718. The van der Waals surface area contributed by atoms with Gasteiger partial charge in [0.05, 0.1) is 0 Å². The average molecular weight is 399 g/mol. The van der Waals surface area contributed by atoms with Crippen molar-refractivity contribution in [1.82, 2.24) is 9.55 Å². The van der Waals surface area contributed by atoms with Crippen molar-refractivity contribution in [3.63, 3.8) is 0 Å². The molecule has 1 heterocycles. The molecule has 5 nitrogen and oxygen atoms in total. The summed E-state index contributed by atoms with van der Waals surface area (Å²) in [5.41, 5.74) is 1.69. The van der Waals surface area contributed by atoms with Gasteiger partial charge in [0.1, 0.15) is 5.82 Å². The van der Waals surface area contributed by atoms with E-state index in [4.69, 9.17) is 0 Å². The molecular formula is C15H18IN3O2. The highest BCUT2D eigenvalue weighted by molar-refractivity contribution is 14.1. The van der Waals surface area contributed by atoms with Crippen LogP contribution in [0.4, 0.5) is 5.82 Å². The van der Waals surface area contributed by atoms with Gasteiger partial charge >= 0.3 is 5.69 Å². The first-order valence-corrected chi connectivity index (χ1v) is 7.92. The molecule has 0 atom stereocenters. The summed E-state index contributed by atoms with van der Waals surface area (Å²) in [6.45, 7) is 4.98. The highest BCUT2D eigenvalue weighted by Gasteiger charge is 2.04. The molecule has 0 saturated heterocycles. The molecule has 0 saturated carbocycles. The van der Waals surface area contributed by atoms with Gasteiger partial charge in [0.15, 0.2) is 0 Å². The van der Waals surface area contributed by atoms with Crippen LogP contribution in [0.25, 0.3) is 0 Å². The fourth-order valence-corrected chi connectivity index (χ4v) is 2.57. The fourth-order valence-electron chi connectivity index (χ4n) is 1.99. The van der Waals surface area contributed by atoms with Gasteiger partial charge in [-0.2, -0.15) is 0 Å². The average Bonchev–Trinajstić information content (AvgIpc) is 2.44. The van der Waals surface area contributed by atoms with Crippen molar-refractivity contribution in [2.24, 2.45) is 0 Å². The van der Waals surface area contributed by atoms with Gasteiger partial charge in [-0.05, 0) is 53.1 Å². The summed E-state index contributed by atoms with van der Waals surface area (Å²) in [6.07, 6.45) is 0.748. The zero-order valence-corrected chi connectivity index (χ0v) is 14.2. The molecule has 0 spiro atoms. The van der Waals surface area contributed by atoms with E-state index in [1.165, 1.54) is 19.8 Å². The third-order valence-electron chi connectivity index (χ3n) is 3.19. The van der Waals surface area contributed by atoms with Crippen LogP contribution in [0, 0.1) is 10.5 Å². The first-order valence-electron chi connectivity index (χ1n) is 6.84. The Hall–Kier alpha value is -1.57. The van der Waals surface area contributed by atoms with E-state index in [9.17, 15) is 9.59 Å². The molecule has 2 rings (SSSR count). The van der Waals surface area contributed by atoms with Gasteiger partial charge in [0.2, 0.25) is 0 Å². The van der Waals surface area contributed by atoms with E-state index in [1.54, 1.807) is 0 Å². The summed E-state index contributed by atoms with van der Waals surface area (Å²) in [5, 5.41) is 3.09. The van der Waals surface area contributed by atoms with Crippen LogP contribution in [0.15, 0.2) is 33.9 Å². The van der Waals surface area contributed by atoms with Gasteiger partial charge in [-0.1, -0.05) is 19.1 Å². The zero-order valence-electron chi connectivity index (χ0n) is 12.1.